The molecule has 3 heterocycles. The fourth-order valence-electron chi connectivity index (χ4n) is 7.03. The molecular weight excluding hydrogens is 741 g/mol. The van der Waals surface area contributed by atoms with Gasteiger partial charge in [-0.05, 0) is 124 Å². The Morgan fingerprint density at radius 1 is 0.895 bits per heavy atom. The Morgan fingerprint density at radius 3 is 2.49 bits per heavy atom. The molecule has 13 heteroatoms. The molecule has 300 valence electrons. The standard InChI is InChI=1S/C44H52N6O6S/c1-28-9-12-34(49-33-19-22-45-23-20-33)25-38(28)44(55)48-29(2)31-6-5-7-32(24-31)39-17-15-36(57-39)26-47-40(51)8-3-4-21-46-42(53)27-56-35-13-10-30(11-14-35)37-16-18-41(52)50-43(37)54/h5-7,9-15,17,24-25,29,33,37,45,49H,3-4,8,16,18-23,26-27H2,1-2H3,(H,46,53)(H,47,51)(H,48,55)(H,50,52,54)/t29-,37?/m1/s1. The van der Waals surface area contributed by atoms with Crippen molar-refractivity contribution in [2.45, 2.75) is 83.3 Å². The van der Waals surface area contributed by atoms with Crippen molar-refractivity contribution in [1.29, 1.82) is 0 Å². The Balaban J connectivity index is 0.875. The van der Waals surface area contributed by atoms with Crippen LogP contribution in [0.25, 0.3) is 10.4 Å². The van der Waals surface area contributed by atoms with Gasteiger partial charge in [-0.2, -0.15) is 0 Å². The molecule has 0 aliphatic carbocycles. The van der Waals surface area contributed by atoms with Crippen molar-refractivity contribution in [3.8, 4) is 16.2 Å². The van der Waals surface area contributed by atoms with Crippen LogP contribution in [0.4, 0.5) is 5.69 Å². The molecule has 6 N–H and O–H groups in total. The molecular formula is C44H52N6O6S. The second kappa shape index (κ2) is 20.1. The van der Waals surface area contributed by atoms with Crippen LogP contribution >= 0.6 is 11.3 Å². The smallest absolute Gasteiger partial charge is 0.257 e. The molecule has 2 fully saturated rings. The van der Waals surface area contributed by atoms with Crippen LogP contribution in [-0.4, -0.2) is 61.8 Å². The molecule has 1 unspecified atom stereocenters. The van der Waals surface area contributed by atoms with Gasteiger partial charge in [-0.15, -0.1) is 11.3 Å². The van der Waals surface area contributed by atoms with E-state index >= 15 is 0 Å². The number of ether oxygens (including phenoxy) is 1. The van der Waals surface area contributed by atoms with Crippen LogP contribution in [0.2, 0.25) is 0 Å². The number of imide groups is 1. The zero-order valence-electron chi connectivity index (χ0n) is 32.6. The summed E-state index contributed by atoms with van der Waals surface area (Å²) in [6.45, 7) is 6.68. The molecule has 57 heavy (non-hydrogen) atoms. The lowest BCUT2D eigenvalue weighted by atomic mass is 9.90. The minimum Gasteiger partial charge on any atom is -0.484 e. The van der Waals surface area contributed by atoms with Crippen LogP contribution in [0.3, 0.4) is 0 Å². The number of rotatable bonds is 17. The number of anilines is 1. The molecule has 12 nitrogen and oxygen atoms in total. The number of unbranched alkanes of at least 4 members (excludes halogenated alkanes) is 1. The molecule has 2 atom stereocenters. The van der Waals surface area contributed by atoms with Gasteiger partial charge in [-0.3, -0.25) is 29.3 Å². The number of amides is 5. The molecule has 0 radical (unpaired) electrons. The number of hydrogen-bond acceptors (Lipinski definition) is 9. The highest BCUT2D eigenvalue weighted by Gasteiger charge is 2.28. The van der Waals surface area contributed by atoms with E-state index in [4.69, 9.17) is 4.74 Å². The summed E-state index contributed by atoms with van der Waals surface area (Å²) in [7, 11) is 0. The minimum atomic E-state index is -0.371. The van der Waals surface area contributed by atoms with Gasteiger partial charge < -0.3 is 31.3 Å². The van der Waals surface area contributed by atoms with Gasteiger partial charge in [0.2, 0.25) is 17.7 Å². The number of piperidine rings is 2. The number of carbonyl (C=O) groups excluding carboxylic acids is 5. The number of thiophene rings is 1. The summed E-state index contributed by atoms with van der Waals surface area (Å²) < 4.78 is 5.58. The van der Waals surface area contributed by atoms with E-state index in [0.29, 0.717) is 62.5 Å². The van der Waals surface area contributed by atoms with Crippen molar-refractivity contribution < 1.29 is 28.7 Å². The summed E-state index contributed by atoms with van der Waals surface area (Å²) in [6.07, 6.45) is 4.54. The van der Waals surface area contributed by atoms with E-state index in [-0.39, 0.29) is 48.1 Å². The maximum atomic E-state index is 13.4. The summed E-state index contributed by atoms with van der Waals surface area (Å²) >= 11 is 1.62. The lowest BCUT2D eigenvalue weighted by Crippen LogP contribution is -2.39. The van der Waals surface area contributed by atoms with Crippen LogP contribution in [0.5, 0.6) is 5.75 Å². The molecule has 0 bridgehead atoms. The lowest BCUT2D eigenvalue weighted by Gasteiger charge is -2.25. The number of benzene rings is 3. The summed E-state index contributed by atoms with van der Waals surface area (Å²) in [5.74, 6) is -0.818. The highest BCUT2D eigenvalue weighted by Crippen LogP contribution is 2.31. The van der Waals surface area contributed by atoms with E-state index in [0.717, 1.165) is 63.6 Å². The van der Waals surface area contributed by atoms with Gasteiger partial charge in [-0.25, -0.2) is 0 Å². The molecule has 0 spiro atoms. The Hall–Kier alpha value is -5.53. The second-order valence-corrected chi connectivity index (χ2v) is 15.9. The molecule has 2 aliphatic heterocycles. The SMILES string of the molecule is Cc1ccc(NC2CCNCC2)cc1C(=O)N[C@H](C)c1cccc(-c2ccc(CNC(=O)CCCCNC(=O)COc3ccc(C4CCC(=O)NC4=O)cc3)s2)c1. The molecule has 2 aliphatic rings. The maximum absolute atomic E-state index is 13.4. The van der Waals surface area contributed by atoms with Crippen LogP contribution < -0.4 is 36.6 Å². The van der Waals surface area contributed by atoms with Crippen molar-refractivity contribution in [2.75, 3.05) is 31.6 Å². The van der Waals surface area contributed by atoms with E-state index in [1.165, 1.54) is 0 Å². The van der Waals surface area contributed by atoms with Gasteiger partial charge in [0.05, 0.1) is 18.5 Å². The van der Waals surface area contributed by atoms with Crippen molar-refractivity contribution in [2.24, 2.45) is 0 Å². The third-order valence-corrected chi connectivity index (χ3v) is 11.5. The molecule has 4 aromatic rings. The molecule has 2 saturated heterocycles. The Bertz CT molecular complexity index is 2040. The first kappa shape index (κ1) is 41.1. The number of carbonyl (C=O) groups is 5. The first-order chi connectivity index (χ1) is 27.6. The fourth-order valence-corrected chi connectivity index (χ4v) is 7.97. The van der Waals surface area contributed by atoms with Crippen LogP contribution in [-0.2, 0) is 25.7 Å². The van der Waals surface area contributed by atoms with E-state index in [1.807, 2.05) is 50.2 Å². The van der Waals surface area contributed by atoms with Gasteiger partial charge in [0, 0.05) is 46.4 Å². The third-order valence-electron chi connectivity index (χ3n) is 10.4. The van der Waals surface area contributed by atoms with Gasteiger partial charge >= 0.3 is 0 Å². The second-order valence-electron chi connectivity index (χ2n) is 14.7. The molecule has 5 amide bonds. The predicted octanol–water partition coefficient (Wildman–Crippen LogP) is 5.88. The van der Waals surface area contributed by atoms with Crippen molar-refractivity contribution in [3.63, 3.8) is 0 Å². The van der Waals surface area contributed by atoms with Crippen molar-refractivity contribution in [3.05, 3.63) is 106 Å². The van der Waals surface area contributed by atoms with Crippen molar-refractivity contribution >= 4 is 46.6 Å². The molecule has 0 saturated carbocycles. The normalized spacial score (nSPS) is 16.3. The summed E-state index contributed by atoms with van der Waals surface area (Å²) in [5.41, 5.74) is 5.43. The van der Waals surface area contributed by atoms with Crippen LogP contribution in [0.1, 0.15) is 95.8 Å². The Labute approximate surface area is 337 Å². The summed E-state index contributed by atoms with van der Waals surface area (Å²) in [5, 5.41) is 18.4. The quantitative estimate of drug-likeness (QED) is 0.0570. The molecule has 3 aromatic carbocycles. The Morgan fingerprint density at radius 2 is 1.70 bits per heavy atom. The Kier molecular flexibility index (Phi) is 14.5. The summed E-state index contributed by atoms with van der Waals surface area (Å²) in [4.78, 5) is 63.8. The fraction of sp³-hybridized carbons (Fsp3) is 0.386. The van der Waals surface area contributed by atoms with Crippen LogP contribution in [0, 0.1) is 6.92 Å². The summed E-state index contributed by atoms with van der Waals surface area (Å²) in [6, 6.07) is 25.4. The number of nitrogens with one attached hydrogen (secondary N) is 6. The van der Waals surface area contributed by atoms with Gasteiger partial charge in [0.15, 0.2) is 6.61 Å². The van der Waals surface area contributed by atoms with Gasteiger partial charge in [0.1, 0.15) is 5.75 Å². The average molecular weight is 793 g/mol. The topological polar surface area (TPSA) is 167 Å². The predicted molar refractivity (Wildman–Crippen MR) is 222 cm³/mol. The van der Waals surface area contributed by atoms with Gasteiger partial charge in [0.25, 0.3) is 11.8 Å². The highest BCUT2D eigenvalue weighted by molar-refractivity contribution is 7.15. The van der Waals surface area contributed by atoms with Gasteiger partial charge in [-0.1, -0.05) is 36.4 Å². The average Bonchev–Trinajstić information content (AvgIpc) is 3.70. The van der Waals surface area contributed by atoms with E-state index in [2.05, 4.69) is 50.1 Å². The first-order valence-corrected chi connectivity index (χ1v) is 20.6. The zero-order valence-corrected chi connectivity index (χ0v) is 33.4. The van der Waals surface area contributed by atoms with Crippen molar-refractivity contribution in [1.82, 2.24) is 26.6 Å². The number of hydrogen-bond donors (Lipinski definition) is 6. The van der Waals surface area contributed by atoms with E-state index in [1.54, 1.807) is 35.6 Å². The molecule has 1 aromatic heterocycles. The van der Waals surface area contributed by atoms with E-state index in [9.17, 15) is 24.0 Å². The van der Waals surface area contributed by atoms with E-state index < -0.39 is 0 Å². The molecule has 6 rings (SSSR count). The minimum absolute atomic E-state index is 0.0465. The number of aryl methyl sites for hydroxylation is 1. The first-order valence-electron chi connectivity index (χ1n) is 19.8. The maximum Gasteiger partial charge on any atom is 0.257 e. The zero-order chi connectivity index (χ0) is 40.1. The third kappa shape index (κ3) is 12.0. The largest absolute Gasteiger partial charge is 0.484 e. The lowest BCUT2D eigenvalue weighted by molar-refractivity contribution is -0.134. The monoisotopic (exact) mass is 792 g/mol. The van der Waals surface area contributed by atoms with Crippen LogP contribution in [0.15, 0.2) is 78.9 Å². The highest BCUT2D eigenvalue weighted by atomic mass is 32.1.